The van der Waals surface area contributed by atoms with Gasteiger partial charge in [0.2, 0.25) is 17.2 Å². The van der Waals surface area contributed by atoms with Gasteiger partial charge in [0.25, 0.3) is 0 Å². The zero-order valence-corrected chi connectivity index (χ0v) is 19.9. The Kier molecular flexibility index (Phi) is 4.34. The summed E-state index contributed by atoms with van der Waals surface area (Å²) in [5, 5.41) is 55.2. The molecule has 0 radical (unpaired) electrons. The van der Waals surface area contributed by atoms with Gasteiger partial charge in [-0.3, -0.25) is 0 Å². The molecule has 180 valence electrons. The number of hydrogen-bond donors (Lipinski definition) is 5. The average Bonchev–Trinajstić information content (AvgIpc) is 3.47. The van der Waals surface area contributed by atoms with Crippen LogP contribution in [-0.4, -0.2) is 35.1 Å². The van der Waals surface area contributed by atoms with Crippen molar-refractivity contribution in [2.24, 2.45) is 0 Å². The van der Waals surface area contributed by atoms with Crippen molar-refractivity contribution in [2.45, 2.75) is 0 Å². The Morgan fingerprint density at radius 1 is 0.595 bits per heavy atom. The van der Waals surface area contributed by atoms with Crippen molar-refractivity contribution in [3.8, 4) is 45.7 Å². The number of pyridine rings is 1. The van der Waals surface area contributed by atoms with Gasteiger partial charge in [-0.1, -0.05) is 48.5 Å². The van der Waals surface area contributed by atoms with Gasteiger partial charge in [-0.05, 0) is 30.3 Å². The Balaban J connectivity index is 1.73. The lowest BCUT2D eigenvalue weighted by atomic mass is 10.1. The summed E-state index contributed by atoms with van der Waals surface area (Å²) in [6.45, 7) is 0. The minimum Gasteiger partial charge on any atom is -0.503 e. The number of fused-ring (bicyclic) bond motifs is 7. The average molecular weight is 507 g/mol. The Morgan fingerprint density at radius 2 is 1.27 bits per heavy atom. The van der Waals surface area contributed by atoms with Gasteiger partial charge in [-0.25, -0.2) is 4.98 Å². The van der Waals surface area contributed by atoms with E-state index in [1.165, 1.54) is 0 Å². The highest BCUT2D eigenvalue weighted by Gasteiger charge is 2.28. The van der Waals surface area contributed by atoms with E-state index in [1.807, 2.05) is 78.9 Å². The van der Waals surface area contributed by atoms with Crippen molar-refractivity contribution in [3.63, 3.8) is 0 Å². The molecule has 3 aromatic heterocycles. The molecule has 0 unspecified atom stereocenters. The molecular formula is C29H18N2O5S. The standard InChI is InChI=1S/C29H18N2O5S/c32-25-24(26(33)28(35)29(36)27(25)34)31-18-12-11-17(14-6-2-1-3-7-14)30-22(18)16-10-13-20-21(23(16)31)15-8-4-5-9-19(15)37-20/h1-13,32-36H. The fourth-order valence-electron chi connectivity index (χ4n) is 5.06. The predicted molar refractivity (Wildman–Crippen MR) is 145 cm³/mol. The fraction of sp³-hybridized carbons (Fsp3) is 0. The first kappa shape index (κ1) is 21.3. The lowest BCUT2D eigenvalue weighted by molar-refractivity contribution is 0.327. The van der Waals surface area contributed by atoms with E-state index < -0.39 is 28.7 Å². The summed E-state index contributed by atoms with van der Waals surface area (Å²) in [5.41, 5.74) is 3.19. The number of phenols is 5. The first-order chi connectivity index (χ1) is 18.0. The summed E-state index contributed by atoms with van der Waals surface area (Å²) in [6.07, 6.45) is 0. The van der Waals surface area contributed by atoms with E-state index in [2.05, 4.69) is 0 Å². The zero-order valence-electron chi connectivity index (χ0n) is 19.0. The molecule has 0 aliphatic carbocycles. The van der Waals surface area contributed by atoms with Crippen molar-refractivity contribution < 1.29 is 25.5 Å². The number of aromatic hydroxyl groups is 5. The van der Waals surface area contributed by atoms with Crippen molar-refractivity contribution in [1.82, 2.24) is 9.55 Å². The quantitative estimate of drug-likeness (QED) is 0.131. The molecule has 0 saturated heterocycles. The van der Waals surface area contributed by atoms with E-state index in [0.29, 0.717) is 16.6 Å². The van der Waals surface area contributed by atoms with Gasteiger partial charge in [-0.15, -0.1) is 11.3 Å². The van der Waals surface area contributed by atoms with E-state index in [-0.39, 0.29) is 5.69 Å². The summed E-state index contributed by atoms with van der Waals surface area (Å²) in [4.78, 5) is 4.96. The molecule has 4 aromatic carbocycles. The van der Waals surface area contributed by atoms with Crippen LogP contribution in [0.5, 0.6) is 28.7 Å². The monoisotopic (exact) mass is 506 g/mol. The van der Waals surface area contributed by atoms with E-state index in [9.17, 15) is 25.5 Å². The molecular weight excluding hydrogens is 488 g/mol. The van der Waals surface area contributed by atoms with Crippen LogP contribution >= 0.6 is 11.3 Å². The maximum atomic E-state index is 10.9. The van der Waals surface area contributed by atoms with E-state index in [4.69, 9.17) is 4.98 Å². The number of nitrogens with zero attached hydrogens (tertiary/aromatic N) is 2. The first-order valence-corrected chi connectivity index (χ1v) is 12.3. The molecule has 7 aromatic rings. The highest BCUT2D eigenvalue weighted by atomic mass is 32.1. The molecule has 8 heteroatoms. The fourth-order valence-corrected chi connectivity index (χ4v) is 6.17. The maximum Gasteiger partial charge on any atom is 0.208 e. The van der Waals surface area contributed by atoms with Crippen LogP contribution in [0.1, 0.15) is 0 Å². The van der Waals surface area contributed by atoms with E-state index in [1.54, 1.807) is 15.9 Å². The number of thiophene rings is 1. The molecule has 0 bridgehead atoms. The SMILES string of the molecule is Oc1c(O)c(O)c(-n2c3ccc(-c4ccccc4)nc3c3ccc4sc5ccccc5c4c32)c(O)c1O. The van der Waals surface area contributed by atoms with Gasteiger partial charge < -0.3 is 30.1 Å². The Bertz CT molecular complexity index is 2010. The van der Waals surface area contributed by atoms with Gasteiger partial charge in [0.1, 0.15) is 5.69 Å². The second-order valence-electron chi connectivity index (χ2n) is 8.79. The van der Waals surface area contributed by atoms with E-state index >= 15 is 0 Å². The van der Waals surface area contributed by atoms with Crippen LogP contribution in [-0.2, 0) is 0 Å². The summed E-state index contributed by atoms with van der Waals surface area (Å²) < 4.78 is 3.62. The predicted octanol–water partition coefficient (Wildman–Crippen LogP) is 6.74. The van der Waals surface area contributed by atoms with Crippen LogP contribution in [0.15, 0.2) is 78.9 Å². The van der Waals surface area contributed by atoms with Crippen LogP contribution in [0.4, 0.5) is 0 Å². The first-order valence-electron chi connectivity index (χ1n) is 11.5. The molecule has 5 N–H and O–H groups in total. The normalized spacial score (nSPS) is 11.8. The largest absolute Gasteiger partial charge is 0.503 e. The lowest BCUT2D eigenvalue weighted by Crippen LogP contribution is -1.97. The number of aromatic nitrogens is 2. The molecule has 0 fully saturated rings. The van der Waals surface area contributed by atoms with Gasteiger partial charge in [0, 0.05) is 31.1 Å². The third kappa shape index (κ3) is 2.84. The molecule has 0 aliphatic rings. The number of phenolic OH excluding ortho intramolecular Hbond substituents is 5. The van der Waals surface area contributed by atoms with E-state index in [0.717, 1.165) is 36.8 Å². The molecule has 3 heterocycles. The van der Waals surface area contributed by atoms with Crippen molar-refractivity contribution in [2.75, 3.05) is 0 Å². The van der Waals surface area contributed by atoms with Crippen LogP contribution in [0.25, 0.3) is 59.1 Å². The second kappa shape index (κ2) is 7.52. The van der Waals surface area contributed by atoms with Crippen LogP contribution in [0.3, 0.4) is 0 Å². The molecule has 0 atom stereocenters. The molecule has 0 saturated carbocycles. The number of rotatable bonds is 2. The van der Waals surface area contributed by atoms with Gasteiger partial charge in [-0.2, -0.15) is 0 Å². The maximum absolute atomic E-state index is 10.9. The van der Waals surface area contributed by atoms with Crippen LogP contribution in [0, 0.1) is 0 Å². The molecule has 0 amide bonds. The zero-order chi connectivity index (χ0) is 25.4. The van der Waals surface area contributed by atoms with Gasteiger partial charge >= 0.3 is 0 Å². The Labute approximate surface area is 213 Å². The van der Waals surface area contributed by atoms with Crippen molar-refractivity contribution in [3.05, 3.63) is 78.9 Å². The highest BCUT2D eigenvalue weighted by Crippen LogP contribution is 2.54. The topological polar surface area (TPSA) is 119 Å². The lowest BCUT2D eigenvalue weighted by Gasteiger charge is -2.15. The van der Waals surface area contributed by atoms with Crippen molar-refractivity contribution >= 4 is 53.4 Å². The van der Waals surface area contributed by atoms with Crippen molar-refractivity contribution in [1.29, 1.82) is 0 Å². The second-order valence-corrected chi connectivity index (χ2v) is 9.87. The third-order valence-corrected chi connectivity index (χ3v) is 7.88. The molecule has 37 heavy (non-hydrogen) atoms. The summed E-state index contributed by atoms with van der Waals surface area (Å²) in [5.74, 6) is -4.41. The molecule has 7 rings (SSSR count). The Hall–Kier alpha value is -4.95. The van der Waals surface area contributed by atoms with Crippen LogP contribution in [0.2, 0.25) is 0 Å². The minimum atomic E-state index is -1.00. The summed E-state index contributed by atoms with van der Waals surface area (Å²) in [7, 11) is 0. The highest BCUT2D eigenvalue weighted by molar-refractivity contribution is 7.26. The molecule has 7 nitrogen and oxygen atoms in total. The van der Waals surface area contributed by atoms with Gasteiger partial charge in [0.15, 0.2) is 11.5 Å². The van der Waals surface area contributed by atoms with Gasteiger partial charge in [0.05, 0.1) is 22.2 Å². The van der Waals surface area contributed by atoms with Crippen LogP contribution < -0.4 is 0 Å². The molecule has 0 aliphatic heterocycles. The Morgan fingerprint density at radius 3 is 2.03 bits per heavy atom. The third-order valence-electron chi connectivity index (χ3n) is 6.75. The molecule has 0 spiro atoms. The number of hydrogen-bond acceptors (Lipinski definition) is 7. The summed E-state index contributed by atoms with van der Waals surface area (Å²) >= 11 is 1.61. The summed E-state index contributed by atoms with van der Waals surface area (Å²) in [6, 6.07) is 25.3. The smallest absolute Gasteiger partial charge is 0.208 e. The number of benzene rings is 4. The minimum absolute atomic E-state index is 0.259.